The molecule has 0 fully saturated rings. The first-order chi connectivity index (χ1) is 5.25. The first-order valence-electron chi connectivity index (χ1n) is 4.00. The van der Waals surface area contributed by atoms with Crippen LogP contribution in [-0.2, 0) is 0 Å². The fourth-order valence-corrected chi connectivity index (χ4v) is 1.40. The van der Waals surface area contributed by atoms with Gasteiger partial charge in [-0.1, -0.05) is 31.7 Å². The van der Waals surface area contributed by atoms with Gasteiger partial charge in [0.05, 0.1) is 0 Å². The van der Waals surface area contributed by atoms with E-state index in [-0.39, 0.29) is 5.76 Å². The summed E-state index contributed by atoms with van der Waals surface area (Å²) in [6.45, 7) is 5.66. The molecule has 1 unspecified atom stereocenters. The monoisotopic (exact) mass is 150 g/mol. The Labute approximate surface area is 67.7 Å². The molecule has 0 aromatic carbocycles. The van der Waals surface area contributed by atoms with E-state index in [0.717, 1.165) is 18.4 Å². The van der Waals surface area contributed by atoms with Crippen molar-refractivity contribution in [2.75, 3.05) is 0 Å². The maximum Gasteiger partial charge on any atom is 0.111 e. The molecule has 1 aliphatic carbocycles. The van der Waals surface area contributed by atoms with Crippen LogP contribution >= 0.6 is 0 Å². The minimum Gasteiger partial charge on any atom is -0.508 e. The zero-order chi connectivity index (χ0) is 8.27. The molecule has 0 heterocycles. The molecule has 0 saturated carbocycles. The van der Waals surface area contributed by atoms with Gasteiger partial charge in [-0.3, -0.25) is 0 Å². The summed E-state index contributed by atoms with van der Waals surface area (Å²) in [5, 5.41) is 9.18. The molecular weight excluding hydrogens is 136 g/mol. The molecule has 0 radical (unpaired) electrons. The van der Waals surface area contributed by atoms with Crippen LogP contribution in [0.5, 0.6) is 0 Å². The van der Waals surface area contributed by atoms with E-state index in [0.29, 0.717) is 5.92 Å². The van der Waals surface area contributed by atoms with Crippen LogP contribution in [0.25, 0.3) is 0 Å². The highest BCUT2D eigenvalue weighted by molar-refractivity contribution is 5.32. The number of hydrogen-bond acceptors (Lipinski definition) is 1. The van der Waals surface area contributed by atoms with Gasteiger partial charge in [-0.15, -0.1) is 0 Å². The van der Waals surface area contributed by atoms with E-state index in [1.807, 2.05) is 12.2 Å². The summed E-state index contributed by atoms with van der Waals surface area (Å²) in [6.07, 6.45) is 8.14. The number of aliphatic hydroxyl groups excluding tert-OH is 1. The molecule has 0 bridgehead atoms. The third-order valence-electron chi connectivity index (χ3n) is 2.10. The summed E-state index contributed by atoms with van der Waals surface area (Å²) in [6, 6.07) is 0. The molecule has 0 saturated heterocycles. The van der Waals surface area contributed by atoms with Crippen molar-refractivity contribution in [2.45, 2.75) is 19.8 Å². The van der Waals surface area contributed by atoms with Crippen LogP contribution in [-0.4, -0.2) is 5.11 Å². The van der Waals surface area contributed by atoms with Gasteiger partial charge in [0.15, 0.2) is 0 Å². The highest BCUT2D eigenvalue weighted by Gasteiger charge is 2.14. The zero-order valence-corrected chi connectivity index (χ0v) is 6.88. The highest BCUT2D eigenvalue weighted by Crippen LogP contribution is 2.26. The first-order valence-corrected chi connectivity index (χ1v) is 4.00. The molecule has 11 heavy (non-hydrogen) atoms. The number of hydrogen-bond donors (Lipinski definition) is 1. The molecule has 0 aliphatic heterocycles. The zero-order valence-electron chi connectivity index (χ0n) is 6.88. The van der Waals surface area contributed by atoms with Crippen LogP contribution in [0.3, 0.4) is 0 Å². The molecule has 1 N–H and O–H groups in total. The number of allylic oxidation sites excluding steroid dienone is 4. The lowest BCUT2D eigenvalue weighted by atomic mass is 9.88. The van der Waals surface area contributed by atoms with Crippen LogP contribution in [0, 0.1) is 5.92 Å². The van der Waals surface area contributed by atoms with E-state index in [9.17, 15) is 5.11 Å². The van der Waals surface area contributed by atoms with Crippen molar-refractivity contribution in [1.82, 2.24) is 0 Å². The van der Waals surface area contributed by atoms with Crippen molar-refractivity contribution in [3.8, 4) is 0 Å². The molecule has 1 aliphatic rings. The Morgan fingerprint density at radius 3 is 3.00 bits per heavy atom. The quantitative estimate of drug-likeness (QED) is 0.600. The van der Waals surface area contributed by atoms with E-state index in [1.54, 1.807) is 0 Å². The van der Waals surface area contributed by atoms with E-state index in [4.69, 9.17) is 0 Å². The Morgan fingerprint density at radius 2 is 2.55 bits per heavy atom. The molecular formula is C10H14O. The Balaban J connectivity index is 2.78. The van der Waals surface area contributed by atoms with E-state index in [1.165, 1.54) is 0 Å². The third-order valence-corrected chi connectivity index (χ3v) is 2.10. The molecule has 60 valence electrons. The topological polar surface area (TPSA) is 20.2 Å². The largest absolute Gasteiger partial charge is 0.508 e. The molecule has 1 heteroatoms. The fraction of sp³-hybridized carbons (Fsp3) is 0.400. The van der Waals surface area contributed by atoms with Gasteiger partial charge >= 0.3 is 0 Å². The Bertz CT molecular complexity index is 211. The lowest BCUT2D eigenvalue weighted by Crippen LogP contribution is -2.06. The van der Waals surface area contributed by atoms with Crippen LogP contribution in [0.4, 0.5) is 0 Å². The lowest BCUT2D eigenvalue weighted by Gasteiger charge is -2.18. The highest BCUT2D eigenvalue weighted by atomic mass is 16.3. The predicted molar refractivity (Wildman–Crippen MR) is 47.4 cm³/mol. The van der Waals surface area contributed by atoms with Gasteiger partial charge in [-0.25, -0.2) is 0 Å². The van der Waals surface area contributed by atoms with Gasteiger partial charge in [0.1, 0.15) is 5.76 Å². The Morgan fingerprint density at radius 1 is 1.82 bits per heavy atom. The summed E-state index contributed by atoms with van der Waals surface area (Å²) in [7, 11) is 0. The van der Waals surface area contributed by atoms with Gasteiger partial charge < -0.3 is 5.11 Å². The molecule has 0 aromatic heterocycles. The summed E-state index contributed by atoms with van der Waals surface area (Å²) >= 11 is 0. The van der Waals surface area contributed by atoms with Gasteiger partial charge in [0, 0.05) is 0 Å². The summed E-state index contributed by atoms with van der Waals surface area (Å²) in [5.74, 6) is 0.693. The molecule has 0 amide bonds. The summed E-state index contributed by atoms with van der Waals surface area (Å²) < 4.78 is 0. The van der Waals surface area contributed by atoms with E-state index in [2.05, 4.69) is 19.6 Å². The van der Waals surface area contributed by atoms with E-state index >= 15 is 0 Å². The standard InChI is InChI=1S/C10H14O/c1-3-9-6-4-5-7-10(9)8(2)11/h4-5,7,9,11H,2-3,6H2,1H3. The number of rotatable bonds is 2. The maximum absolute atomic E-state index is 9.18. The van der Waals surface area contributed by atoms with Crippen LogP contribution < -0.4 is 0 Å². The Hall–Kier alpha value is -0.980. The SMILES string of the molecule is C=C(O)C1=CC=CCC1CC. The van der Waals surface area contributed by atoms with Crippen LogP contribution in [0.1, 0.15) is 19.8 Å². The average molecular weight is 150 g/mol. The van der Waals surface area contributed by atoms with Crippen molar-refractivity contribution >= 4 is 0 Å². The van der Waals surface area contributed by atoms with Crippen molar-refractivity contribution in [1.29, 1.82) is 0 Å². The summed E-state index contributed by atoms with van der Waals surface area (Å²) in [4.78, 5) is 0. The smallest absolute Gasteiger partial charge is 0.111 e. The van der Waals surface area contributed by atoms with Crippen molar-refractivity contribution in [2.24, 2.45) is 5.92 Å². The van der Waals surface area contributed by atoms with Gasteiger partial charge in [0.25, 0.3) is 0 Å². The predicted octanol–water partition coefficient (Wildman–Crippen LogP) is 2.97. The van der Waals surface area contributed by atoms with E-state index < -0.39 is 0 Å². The molecule has 0 aromatic rings. The second kappa shape index (κ2) is 3.42. The second-order valence-electron chi connectivity index (χ2n) is 2.84. The molecule has 0 spiro atoms. The van der Waals surface area contributed by atoms with Crippen LogP contribution in [0.2, 0.25) is 0 Å². The third kappa shape index (κ3) is 1.73. The second-order valence-corrected chi connectivity index (χ2v) is 2.84. The fourth-order valence-electron chi connectivity index (χ4n) is 1.40. The van der Waals surface area contributed by atoms with Crippen LogP contribution in [0.15, 0.2) is 36.1 Å². The molecule has 1 rings (SSSR count). The minimum absolute atomic E-state index is 0.223. The normalized spacial score (nSPS) is 23.0. The minimum atomic E-state index is 0.223. The number of aliphatic hydroxyl groups is 1. The Kier molecular flexibility index (Phi) is 2.53. The van der Waals surface area contributed by atoms with Gasteiger partial charge in [0.2, 0.25) is 0 Å². The summed E-state index contributed by atoms with van der Waals surface area (Å²) in [5.41, 5.74) is 0.995. The molecule has 1 nitrogen and oxygen atoms in total. The maximum atomic E-state index is 9.18. The van der Waals surface area contributed by atoms with Crippen molar-refractivity contribution < 1.29 is 5.11 Å². The van der Waals surface area contributed by atoms with Crippen molar-refractivity contribution in [3.05, 3.63) is 36.1 Å². The lowest BCUT2D eigenvalue weighted by molar-refractivity contribution is 0.402. The van der Waals surface area contributed by atoms with Gasteiger partial charge in [-0.05, 0) is 24.3 Å². The van der Waals surface area contributed by atoms with Crippen molar-refractivity contribution in [3.63, 3.8) is 0 Å². The average Bonchev–Trinajstić information content (AvgIpc) is 2.04. The van der Waals surface area contributed by atoms with Gasteiger partial charge in [-0.2, -0.15) is 0 Å². The molecule has 1 atom stereocenters. The first kappa shape index (κ1) is 8.12.